The summed E-state index contributed by atoms with van der Waals surface area (Å²) in [6.07, 6.45) is 0. The molecule has 0 saturated heterocycles. The van der Waals surface area contributed by atoms with Crippen molar-refractivity contribution in [1.82, 2.24) is 10.2 Å². The van der Waals surface area contributed by atoms with Crippen LogP contribution in [0.5, 0.6) is 0 Å². The number of benzene rings is 3. The van der Waals surface area contributed by atoms with Gasteiger partial charge in [-0.25, -0.2) is 8.42 Å². The van der Waals surface area contributed by atoms with E-state index in [0.29, 0.717) is 6.54 Å². The van der Waals surface area contributed by atoms with E-state index in [1.54, 1.807) is 12.1 Å². The topological polar surface area (TPSA) is 83.6 Å². The average molecular weight is 435 g/mol. The third-order valence-corrected chi connectivity index (χ3v) is 7.31. The van der Waals surface area contributed by atoms with Crippen LogP contribution in [-0.4, -0.2) is 45.6 Å². The molecule has 1 atom stereocenters. The summed E-state index contributed by atoms with van der Waals surface area (Å²) in [5.74, 6) is -0.753. The number of hydrogen-bond acceptors (Lipinski definition) is 5. The molecule has 0 aromatic heterocycles. The van der Waals surface area contributed by atoms with Crippen LogP contribution in [0, 0.1) is 0 Å². The van der Waals surface area contributed by atoms with Gasteiger partial charge in [0.1, 0.15) is 0 Å². The number of rotatable bonds is 5. The van der Waals surface area contributed by atoms with E-state index in [9.17, 15) is 18.0 Å². The summed E-state index contributed by atoms with van der Waals surface area (Å²) < 4.78 is 26.1. The molecule has 6 nitrogen and oxygen atoms in total. The second kappa shape index (κ2) is 8.09. The van der Waals surface area contributed by atoms with E-state index in [-0.39, 0.29) is 38.3 Å². The van der Waals surface area contributed by atoms with Crippen molar-refractivity contribution in [3.8, 4) is 0 Å². The first-order chi connectivity index (χ1) is 14.8. The quantitative estimate of drug-likeness (QED) is 0.522. The van der Waals surface area contributed by atoms with E-state index >= 15 is 0 Å². The molecule has 0 spiro atoms. The van der Waals surface area contributed by atoms with Crippen molar-refractivity contribution in [2.45, 2.75) is 15.8 Å². The molecule has 1 aliphatic rings. The second-order valence-corrected chi connectivity index (χ2v) is 9.53. The van der Waals surface area contributed by atoms with Crippen molar-refractivity contribution in [2.24, 2.45) is 0 Å². The van der Waals surface area contributed by atoms with E-state index in [1.807, 2.05) is 49.3 Å². The van der Waals surface area contributed by atoms with E-state index < -0.39 is 15.7 Å². The predicted octanol–water partition coefficient (Wildman–Crippen LogP) is 3.10. The summed E-state index contributed by atoms with van der Waals surface area (Å²) in [7, 11) is -0.0292. The van der Waals surface area contributed by atoms with Gasteiger partial charge in [0, 0.05) is 23.2 Å². The zero-order valence-corrected chi connectivity index (χ0v) is 18.0. The summed E-state index contributed by atoms with van der Waals surface area (Å²) in [5, 5.41) is 2.88. The maximum atomic E-state index is 13.1. The number of fused-ring (bicyclic) bond motifs is 2. The van der Waals surface area contributed by atoms with Crippen molar-refractivity contribution in [3.05, 3.63) is 95.1 Å². The molecule has 158 valence electrons. The SMILES string of the molecule is CN(C)[C@H](CNC(=O)c1ccc2c(c1)S(=O)(=O)c1ccccc1C2=O)c1ccccc1. The first-order valence-corrected chi connectivity index (χ1v) is 11.3. The standard InChI is InChI=1S/C24H22N2O4S/c1-26(2)20(16-8-4-3-5-9-16)15-25-24(28)17-12-13-19-22(14-17)31(29,30)21-11-7-6-10-18(21)23(19)27/h3-14,20H,15H2,1-2H3,(H,25,28)/t20-/m1/s1. The summed E-state index contributed by atoms with van der Waals surface area (Å²) in [6.45, 7) is 0.349. The zero-order chi connectivity index (χ0) is 22.2. The van der Waals surface area contributed by atoms with Crippen molar-refractivity contribution >= 4 is 21.5 Å². The van der Waals surface area contributed by atoms with Crippen LogP contribution >= 0.6 is 0 Å². The maximum Gasteiger partial charge on any atom is 0.251 e. The molecule has 3 aromatic rings. The molecule has 7 heteroatoms. The number of hydrogen-bond donors (Lipinski definition) is 1. The van der Waals surface area contributed by atoms with Crippen LogP contribution in [0.25, 0.3) is 0 Å². The Kier molecular flexibility index (Phi) is 5.47. The predicted molar refractivity (Wildman–Crippen MR) is 117 cm³/mol. The maximum absolute atomic E-state index is 13.1. The summed E-state index contributed by atoms with van der Waals surface area (Å²) in [6, 6.07) is 20.1. The Morgan fingerprint density at radius 3 is 2.26 bits per heavy atom. The minimum atomic E-state index is -3.89. The highest BCUT2D eigenvalue weighted by atomic mass is 32.2. The van der Waals surface area contributed by atoms with Crippen LogP contribution < -0.4 is 5.32 Å². The minimum absolute atomic E-state index is 0.0261. The van der Waals surface area contributed by atoms with Crippen molar-refractivity contribution in [2.75, 3.05) is 20.6 Å². The number of carbonyl (C=O) groups excluding carboxylic acids is 2. The fourth-order valence-corrected chi connectivity index (χ4v) is 5.47. The number of nitrogens with zero attached hydrogens (tertiary/aromatic N) is 1. The van der Waals surface area contributed by atoms with Gasteiger partial charge >= 0.3 is 0 Å². The highest BCUT2D eigenvalue weighted by Crippen LogP contribution is 2.34. The summed E-state index contributed by atoms with van der Waals surface area (Å²) >= 11 is 0. The van der Waals surface area contributed by atoms with E-state index in [2.05, 4.69) is 5.32 Å². The number of amides is 1. The van der Waals surface area contributed by atoms with Crippen LogP contribution in [0.1, 0.15) is 37.9 Å². The molecule has 1 N–H and O–H groups in total. The van der Waals surface area contributed by atoms with Gasteiger partial charge in [0.25, 0.3) is 5.91 Å². The molecule has 0 fully saturated rings. The Morgan fingerprint density at radius 1 is 0.903 bits per heavy atom. The second-order valence-electron chi connectivity index (χ2n) is 7.64. The Bertz CT molecular complexity index is 1270. The molecule has 1 amide bonds. The molecule has 0 unspecified atom stereocenters. The number of carbonyl (C=O) groups is 2. The van der Waals surface area contributed by atoms with Gasteiger partial charge in [0.15, 0.2) is 5.78 Å². The van der Waals surface area contributed by atoms with Crippen LogP contribution in [0.4, 0.5) is 0 Å². The van der Waals surface area contributed by atoms with Crippen LogP contribution in [0.3, 0.4) is 0 Å². The van der Waals surface area contributed by atoms with Crippen molar-refractivity contribution in [3.63, 3.8) is 0 Å². The molecule has 0 bridgehead atoms. The molecular formula is C24H22N2O4S. The van der Waals surface area contributed by atoms with Crippen LogP contribution in [0.2, 0.25) is 0 Å². The number of nitrogens with one attached hydrogen (secondary N) is 1. The van der Waals surface area contributed by atoms with E-state index in [4.69, 9.17) is 0 Å². The fraction of sp³-hybridized carbons (Fsp3) is 0.167. The van der Waals surface area contributed by atoms with Gasteiger partial charge in [-0.15, -0.1) is 0 Å². The lowest BCUT2D eigenvalue weighted by Gasteiger charge is -2.25. The van der Waals surface area contributed by atoms with Crippen molar-refractivity contribution < 1.29 is 18.0 Å². The van der Waals surface area contributed by atoms with Crippen LogP contribution in [0.15, 0.2) is 82.6 Å². The molecule has 31 heavy (non-hydrogen) atoms. The number of likely N-dealkylation sites (N-methyl/N-ethyl adjacent to an activating group) is 1. The average Bonchev–Trinajstić information content (AvgIpc) is 2.78. The Labute approximate surface area is 181 Å². The molecule has 0 aliphatic carbocycles. The van der Waals surface area contributed by atoms with Crippen molar-refractivity contribution in [1.29, 1.82) is 0 Å². The lowest BCUT2D eigenvalue weighted by atomic mass is 10.0. The molecule has 1 aliphatic heterocycles. The van der Waals surface area contributed by atoms with Gasteiger partial charge in [-0.3, -0.25) is 9.59 Å². The highest BCUT2D eigenvalue weighted by molar-refractivity contribution is 7.91. The minimum Gasteiger partial charge on any atom is -0.350 e. The fourth-order valence-electron chi connectivity index (χ4n) is 3.79. The van der Waals surface area contributed by atoms with Gasteiger partial charge < -0.3 is 10.2 Å². The monoisotopic (exact) mass is 434 g/mol. The molecule has 3 aromatic carbocycles. The normalized spacial score (nSPS) is 15.1. The Balaban J connectivity index is 1.61. The first kappa shape index (κ1) is 21.0. The first-order valence-electron chi connectivity index (χ1n) is 9.83. The lowest BCUT2D eigenvalue weighted by Crippen LogP contribution is -2.34. The summed E-state index contributed by atoms with van der Waals surface area (Å²) in [5.41, 5.74) is 1.50. The van der Waals surface area contributed by atoms with E-state index in [1.165, 1.54) is 30.3 Å². The number of sulfone groups is 1. The molecule has 0 radical (unpaired) electrons. The van der Waals surface area contributed by atoms with E-state index in [0.717, 1.165) is 5.56 Å². The molecule has 1 heterocycles. The molecule has 4 rings (SSSR count). The highest BCUT2D eigenvalue weighted by Gasteiger charge is 2.35. The molecule has 0 saturated carbocycles. The van der Waals surface area contributed by atoms with Gasteiger partial charge in [0.2, 0.25) is 9.84 Å². The largest absolute Gasteiger partial charge is 0.350 e. The Morgan fingerprint density at radius 2 is 1.55 bits per heavy atom. The third kappa shape index (κ3) is 3.78. The Hall–Kier alpha value is -3.29. The van der Waals surface area contributed by atoms with Gasteiger partial charge in [-0.2, -0.15) is 0 Å². The van der Waals surface area contributed by atoms with Gasteiger partial charge in [-0.1, -0.05) is 42.5 Å². The zero-order valence-electron chi connectivity index (χ0n) is 17.2. The van der Waals surface area contributed by atoms with Gasteiger partial charge in [0.05, 0.1) is 15.8 Å². The van der Waals surface area contributed by atoms with Crippen LogP contribution in [-0.2, 0) is 9.84 Å². The third-order valence-electron chi connectivity index (χ3n) is 5.46. The summed E-state index contributed by atoms with van der Waals surface area (Å²) in [4.78, 5) is 27.4. The lowest BCUT2D eigenvalue weighted by molar-refractivity contribution is 0.0940. The molecular weight excluding hydrogens is 412 g/mol. The van der Waals surface area contributed by atoms with Gasteiger partial charge in [-0.05, 0) is 50.0 Å². The smallest absolute Gasteiger partial charge is 0.251 e. The number of ketones is 1.